The topological polar surface area (TPSA) is 130 Å². The number of carboxylic acid groups (broad SMARTS) is 1. The van der Waals surface area contributed by atoms with Gasteiger partial charge in [0.25, 0.3) is 0 Å². The maximum absolute atomic E-state index is 12.4. The molecule has 1 rings (SSSR count). The summed E-state index contributed by atoms with van der Waals surface area (Å²) in [7, 11) is -7.17. The van der Waals surface area contributed by atoms with Gasteiger partial charge in [0, 0.05) is 0 Å². The number of nitrogens with one attached hydrogen (secondary N) is 2. The maximum atomic E-state index is 12.4. The van der Waals surface area contributed by atoms with Crippen molar-refractivity contribution in [2.24, 2.45) is 5.92 Å². The van der Waals surface area contributed by atoms with E-state index in [1.54, 1.807) is 13.8 Å². The first kappa shape index (κ1) is 19.6. The molecule has 0 saturated heterocycles. The molecular formula is C13H20N2O6S2. The summed E-state index contributed by atoms with van der Waals surface area (Å²) < 4.78 is 52.9. The van der Waals surface area contributed by atoms with E-state index in [2.05, 4.69) is 4.72 Å². The molecule has 0 heterocycles. The first-order valence-corrected chi connectivity index (χ1v) is 9.75. The average Bonchev–Trinajstić information content (AvgIpc) is 2.45. The zero-order chi connectivity index (χ0) is 17.8. The van der Waals surface area contributed by atoms with E-state index in [0.717, 1.165) is 19.2 Å². The molecule has 1 aromatic rings. The van der Waals surface area contributed by atoms with Crippen LogP contribution in [0.3, 0.4) is 0 Å². The number of hydrogen-bond donors (Lipinski definition) is 3. The third-order valence-electron chi connectivity index (χ3n) is 3.00. The lowest BCUT2D eigenvalue weighted by atomic mass is 10.1. The van der Waals surface area contributed by atoms with Gasteiger partial charge < -0.3 is 5.11 Å². The predicted molar refractivity (Wildman–Crippen MR) is 83.9 cm³/mol. The molecule has 0 spiro atoms. The zero-order valence-electron chi connectivity index (χ0n) is 13.0. The monoisotopic (exact) mass is 364 g/mol. The SMILES string of the molecule is CNS(=O)(=O)c1ccccc1S(=O)(=O)N[C@H](CC(C)C)C(=O)O. The van der Waals surface area contributed by atoms with Crippen LogP contribution in [0.1, 0.15) is 20.3 Å². The minimum atomic E-state index is -4.32. The van der Waals surface area contributed by atoms with Crippen molar-refractivity contribution in [3.63, 3.8) is 0 Å². The summed E-state index contributed by atoms with van der Waals surface area (Å²) >= 11 is 0. The van der Waals surface area contributed by atoms with Crippen molar-refractivity contribution < 1.29 is 26.7 Å². The van der Waals surface area contributed by atoms with Gasteiger partial charge in [-0.2, -0.15) is 4.72 Å². The number of sulfonamides is 2. The molecule has 0 unspecified atom stereocenters. The zero-order valence-corrected chi connectivity index (χ0v) is 14.6. The predicted octanol–water partition coefficient (Wildman–Crippen LogP) is 0.372. The molecule has 10 heteroatoms. The third-order valence-corrected chi connectivity index (χ3v) is 6.13. The van der Waals surface area contributed by atoms with Gasteiger partial charge in [-0.1, -0.05) is 26.0 Å². The molecule has 0 aliphatic heterocycles. The summed E-state index contributed by atoms with van der Waals surface area (Å²) in [5, 5.41) is 9.15. The molecule has 8 nitrogen and oxygen atoms in total. The normalized spacial score (nSPS) is 13.9. The van der Waals surface area contributed by atoms with E-state index in [0.29, 0.717) is 0 Å². The van der Waals surface area contributed by atoms with Crippen LogP contribution in [-0.4, -0.2) is 41.0 Å². The lowest BCUT2D eigenvalue weighted by Gasteiger charge is -2.18. The van der Waals surface area contributed by atoms with Gasteiger partial charge in [-0.3, -0.25) is 4.79 Å². The highest BCUT2D eigenvalue weighted by Crippen LogP contribution is 2.21. The Hall–Kier alpha value is -1.49. The molecule has 23 heavy (non-hydrogen) atoms. The van der Waals surface area contributed by atoms with Crippen LogP contribution >= 0.6 is 0 Å². The Kier molecular flexibility index (Phi) is 6.28. The van der Waals surface area contributed by atoms with Gasteiger partial charge in [-0.05, 0) is 31.5 Å². The van der Waals surface area contributed by atoms with Crippen molar-refractivity contribution in [1.82, 2.24) is 9.44 Å². The minimum absolute atomic E-state index is 0.0601. The lowest BCUT2D eigenvalue weighted by Crippen LogP contribution is -2.42. The first-order chi connectivity index (χ1) is 10.5. The summed E-state index contributed by atoms with van der Waals surface area (Å²) in [5.74, 6) is -1.38. The Bertz CT molecular complexity index is 771. The van der Waals surface area contributed by atoms with Gasteiger partial charge in [-0.25, -0.2) is 21.6 Å². The van der Waals surface area contributed by atoms with Crippen LogP contribution in [0.2, 0.25) is 0 Å². The maximum Gasteiger partial charge on any atom is 0.321 e. The summed E-state index contributed by atoms with van der Waals surface area (Å²) in [6, 6.07) is 3.65. The van der Waals surface area contributed by atoms with Gasteiger partial charge in [0.15, 0.2) is 0 Å². The molecule has 1 aromatic carbocycles. The second-order valence-corrected chi connectivity index (χ2v) is 8.83. The molecule has 3 N–H and O–H groups in total. The number of carboxylic acids is 1. The molecule has 130 valence electrons. The van der Waals surface area contributed by atoms with Crippen LogP contribution in [0, 0.1) is 5.92 Å². The van der Waals surface area contributed by atoms with Crippen LogP contribution in [0.5, 0.6) is 0 Å². The average molecular weight is 364 g/mol. The standard InChI is InChI=1S/C13H20N2O6S2/c1-9(2)8-10(13(16)17)15-23(20,21)12-7-5-4-6-11(12)22(18,19)14-3/h4-7,9-10,14-15H,8H2,1-3H3,(H,16,17)/t10-/m1/s1. The highest BCUT2D eigenvalue weighted by Gasteiger charge is 2.30. The van der Waals surface area contributed by atoms with Gasteiger partial charge in [-0.15, -0.1) is 0 Å². The lowest BCUT2D eigenvalue weighted by molar-refractivity contribution is -0.139. The van der Waals surface area contributed by atoms with Crippen LogP contribution in [0.15, 0.2) is 34.1 Å². The second-order valence-electron chi connectivity index (χ2n) is 5.30. The van der Waals surface area contributed by atoms with Gasteiger partial charge >= 0.3 is 5.97 Å². The van der Waals surface area contributed by atoms with E-state index in [1.165, 1.54) is 12.1 Å². The minimum Gasteiger partial charge on any atom is -0.480 e. The Morgan fingerprint density at radius 3 is 1.96 bits per heavy atom. The van der Waals surface area contributed by atoms with Crippen LogP contribution < -0.4 is 9.44 Å². The Labute approximate surface area is 136 Å². The molecule has 0 bridgehead atoms. The molecule has 0 fully saturated rings. The number of benzene rings is 1. The van der Waals surface area contributed by atoms with Gasteiger partial charge in [0.2, 0.25) is 20.0 Å². The Morgan fingerprint density at radius 1 is 1.09 bits per heavy atom. The summed E-state index contributed by atoms with van der Waals surface area (Å²) in [4.78, 5) is 10.3. The third kappa shape index (κ3) is 4.99. The molecule has 0 radical (unpaired) electrons. The van der Waals surface area contributed by atoms with Gasteiger partial charge in [0.05, 0.1) is 0 Å². The van der Waals surface area contributed by atoms with Crippen molar-refractivity contribution in [3.05, 3.63) is 24.3 Å². The van der Waals surface area contributed by atoms with Crippen LogP contribution in [-0.2, 0) is 24.8 Å². The first-order valence-electron chi connectivity index (χ1n) is 6.79. The fraction of sp³-hybridized carbons (Fsp3) is 0.462. The fourth-order valence-corrected chi connectivity index (χ4v) is 4.68. The Morgan fingerprint density at radius 2 is 1.57 bits per heavy atom. The van der Waals surface area contributed by atoms with E-state index >= 15 is 0 Å². The second kappa shape index (κ2) is 7.39. The smallest absolute Gasteiger partial charge is 0.321 e. The van der Waals surface area contributed by atoms with Crippen molar-refractivity contribution in [1.29, 1.82) is 0 Å². The number of aliphatic carboxylic acids is 1. The number of hydrogen-bond acceptors (Lipinski definition) is 5. The molecule has 1 atom stereocenters. The van der Waals surface area contributed by atoms with Crippen molar-refractivity contribution in [2.75, 3.05) is 7.05 Å². The Balaban J connectivity index is 3.32. The largest absolute Gasteiger partial charge is 0.480 e. The molecule has 0 aromatic heterocycles. The van der Waals surface area contributed by atoms with Crippen molar-refractivity contribution in [3.8, 4) is 0 Å². The summed E-state index contributed by atoms with van der Waals surface area (Å²) in [6.45, 7) is 3.51. The van der Waals surface area contributed by atoms with Crippen LogP contribution in [0.4, 0.5) is 0 Å². The van der Waals surface area contributed by atoms with Crippen molar-refractivity contribution >= 4 is 26.0 Å². The van der Waals surface area contributed by atoms with E-state index in [9.17, 15) is 21.6 Å². The van der Waals surface area contributed by atoms with E-state index < -0.39 is 41.8 Å². The number of rotatable bonds is 8. The molecule has 0 amide bonds. The quantitative estimate of drug-likeness (QED) is 0.611. The molecule has 0 saturated carbocycles. The van der Waals surface area contributed by atoms with E-state index in [4.69, 9.17) is 5.11 Å². The molecule has 0 aliphatic carbocycles. The summed E-state index contributed by atoms with van der Waals surface area (Å²) in [5.41, 5.74) is 0. The van der Waals surface area contributed by atoms with Crippen molar-refractivity contribution in [2.45, 2.75) is 36.1 Å². The van der Waals surface area contributed by atoms with Crippen LogP contribution in [0.25, 0.3) is 0 Å². The molecule has 0 aliphatic rings. The molecular weight excluding hydrogens is 344 g/mol. The highest BCUT2D eigenvalue weighted by molar-refractivity contribution is 7.92. The van der Waals surface area contributed by atoms with Gasteiger partial charge in [0.1, 0.15) is 15.8 Å². The number of carbonyl (C=O) groups is 1. The summed E-state index contributed by atoms with van der Waals surface area (Å²) in [6.07, 6.45) is 0.0789. The van der Waals surface area contributed by atoms with E-state index in [1.807, 2.05) is 4.72 Å². The highest BCUT2D eigenvalue weighted by atomic mass is 32.2. The van der Waals surface area contributed by atoms with E-state index in [-0.39, 0.29) is 12.3 Å². The fourth-order valence-electron chi connectivity index (χ4n) is 1.93.